The minimum absolute atomic E-state index is 0.0199. The first-order valence-corrected chi connectivity index (χ1v) is 9.62. The zero-order valence-electron chi connectivity index (χ0n) is 17.2. The van der Waals surface area contributed by atoms with Gasteiger partial charge < -0.3 is 14.2 Å². The van der Waals surface area contributed by atoms with Gasteiger partial charge in [0.15, 0.2) is 5.78 Å². The summed E-state index contributed by atoms with van der Waals surface area (Å²) < 4.78 is 16.1. The van der Waals surface area contributed by atoms with E-state index >= 15 is 0 Å². The summed E-state index contributed by atoms with van der Waals surface area (Å²) in [5.41, 5.74) is 0.493. The molecule has 1 heterocycles. The van der Waals surface area contributed by atoms with Crippen molar-refractivity contribution >= 4 is 17.7 Å². The van der Waals surface area contributed by atoms with Crippen LogP contribution in [-0.2, 0) is 28.6 Å². The van der Waals surface area contributed by atoms with Crippen LogP contribution in [-0.4, -0.2) is 37.5 Å². The van der Waals surface area contributed by atoms with Crippen LogP contribution in [0.2, 0.25) is 0 Å². The van der Waals surface area contributed by atoms with Crippen LogP contribution in [0.15, 0.2) is 34.6 Å². The molecule has 6 nitrogen and oxygen atoms in total. The molecule has 0 bridgehead atoms. The summed E-state index contributed by atoms with van der Waals surface area (Å²) in [6, 6.07) is 0. The van der Waals surface area contributed by atoms with Gasteiger partial charge in [-0.05, 0) is 25.2 Å². The van der Waals surface area contributed by atoms with Crippen molar-refractivity contribution in [1.82, 2.24) is 0 Å². The predicted molar refractivity (Wildman–Crippen MR) is 102 cm³/mol. The second-order valence-corrected chi connectivity index (χ2v) is 8.82. The van der Waals surface area contributed by atoms with Crippen LogP contribution in [0.5, 0.6) is 0 Å². The number of esters is 2. The van der Waals surface area contributed by atoms with Gasteiger partial charge in [0.1, 0.15) is 11.4 Å². The topological polar surface area (TPSA) is 78.9 Å². The highest BCUT2D eigenvalue weighted by Crippen LogP contribution is 2.49. The van der Waals surface area contributed by atoms with Crippen molar-refractivity contribution in [2.24, 2.45) is 11.3 Å². The molecule has 0 aromatic carbocycles. The summed E-state index contributed by atoms with van der Waals surface area (Å²) in [5.74, 6) is -0.202. The average molecular weight is 388 g/mol. The van der Waals surface area contributed by atoms with E-state index in [-0.39, 0.29) is 28.3 Å². The van der Waals surface area contributed by atoms with Gasteiger partial charge in [0.25, 0.3) is 0 Å². The highest BCUT2D eigenvalue weighted by Gasteiger charge is 2.46. The lowest BCUT2D eigenvalue weighted by molar-refractivity contribution is -0.139. The van der Waals surface area contributed by atoms with Gasteiger partial charge in [-0.1, -0.05) is 26.0 Å². The molecular weight excluding hydrogens is 360 g/mol. The molecule has 0 aromatic heterocycles. The van der Waals surface area contributed by atoms with E-state index in [0.29, 0.717) is 25.7 Å². The summed E-state index contributed by atoms with van der Waals surface area (Å²) >= 11 is 0. The van der Waals surface area contributed by atoms with E-state index in [2.05, 4.69) is 13.8 Å². The van der Waals surface area contributed by atoms with Crippen molar-refractivity contribution in [3.05, 3.63) is 34.6 Å². The average Bonchev–Trinajstić information content (AvgIpc) is 2.61. The van der Waals surface area contributed by atoms with Gasteiger partial charge in [-0.15, -0.1) is 0 Å². The number of hydrogen-bond donors (Lipinski definition) is 0. The SMILES string of the molecule is COC(=O)C1=C/C[C@H]2CC3=C(CC(C)(C)CC3=O)O[C@@]2(C)C/C=C\1C(=O)OC. The largest absolute Gasteiger partial charge is 0.491 e. The van der Waals surface area contributed by atoms with Crippen molar-refractivity contribution < 1.29 is 28.6 Å². The maximum absolute atomic E-state index is 12.7. The minimum Gasteiger partial charge on any atom is -0.491 e. The number of ketones is 1. The fourth-order valence-corrected chi connectivity index (χ4v) is 4.39. The Labute approximate surface area is 165 Å². The van der Waals surface area contributed by atoms with E-state index in [4.69, 9.17) is 14.2 Å². The molecule has 1 aliphatic heterocycles. The summed E-state index contributed by atoms with van der Waals surface area (Å²) in [4.78, 5) is 37.1. The third kappa shape index (κ3) is 3.64. The number of allylic oxidation sites excluding steroid dienone is 3. The van der Waals surface area contributed by atoms with Gasteiger partial charge in [-0.2, -0.15) is 0 Å². The van der Waals surface area contributed by atoms with E-state index in [1.54, 1.807) is 12.2 Å². The molecule has 2 atom stereocenters. The van der Waals surface area contributed by atoms with Gasteiger partial charge >= 0.3 is 11.9 Å². The van der Waals surface area contributed by atoms with E-state index in [1.807, 2.05) is 6.92 Å². The van der Waals surface area contributed by atoms with Crippen molar-refractivity contribution in [3.63, 3.8) is 0 Å². The van der Waals surface area contributed by atoms with Crippen molar-refractivity contribution in [1.29, 1.82) is 0 Å². The standard InChI is InChI=1S/C22H28O6/c1-21(2)11-17(23)16-10-13-6-7-14(19(24)26-4)15(20(25)27-5)8-9-22(13,3)28-18(16)12-21/h7-8,13H,6,9-12H2,1-5H3/b14-7+,15-8+/t13-,22-/m0/s1. The van der Waals surface area contributed by atoms with Crippen LogP contribution in [0.3, 0.4) is 0 Å². The smallest absolute Gasteiger partial charge is 0.338 e. The molecule has 0 aromatic rings. The van der Waals surface area contributed by atoms with Crippen LogP contribution in [0.25, 0.3) is 0 Å². The second-order valence-electron chi connectivity index (χ2n) is 8.82. The first-order valence-electron chi connectivity index (χ1n) is 9.62. The summed E-state index contributed by atoms with van der Waals surface area (Å²) in [5, 5.41) is 0. The fraction of sp³-hybridized carbons (Fsp3) is 0.591. The van der Waals surface area contributed by atoms with Crippen LogP contribution in [0.1, 0.15) is 52.9 Å². The molecule has 3 rings (SSSR count). The first kappa shape index (κ1) is 20.4. The lowest BCUT2D eigenvalue weighted by Crippen LogP contribution is -2.44. The number of carbonyl (C=O) groups excluding carboxylic acids is 3. The third-order valence-electron chi connectivity index (χ3n) is 6.04. The number of fused-ring (bicyclic) bond motifs is 1. The normalized spacial score (nSPS) is 32.9. The lowest BCUT2D eigenvalue weighted by Gasteiger charge is -2.46. The molecule has 0 fully saturated rings. The van der Waals surface area contributed by atoms with Gasteiger partial charge in [-0.25, -0.2) is 9.59 Å². The van der Waals surface area contributed by atoms with Crippen molar-refractivity contribution in [2.75, 3.05) is 14.2 Å². The Morgan fingerprint density at radius 1 is 1.04 bits per heavy atom. The Morgan fingerprint density at radius 3 is 2.25 bits per heavy atom. The highest BCUT2D eigenvalue weighted by molar-refractivity contribution is 6.07. The summed E-state index contributed by atoms with van der Waals surface area (Å²) in [6.07, 6.45) is 6.21. The molecule has 0 amide bonds. The van der Waals surface area contributed by atoms with Gasteiger partial charge in [0, 0.05) is 30.8 Å². The Morgan fingerprint density at radius 2 is 1.64 bits per heavy atom. The fourth-order valence-electron chi connectivity index (χ4n) is 4.39. The van der Waals surface area contributed by atoms with Crippen LogP contribution in [0, 0.1) is 11.3 Å². The minimum atomic E-state index is -0.580. The molecule has 0 saturated carbocycles. The number of hydrogen-bond acceptors (Lipinski definition) is 6. The second kappa shape index (κ2) is 7.22. The molecule has 152 valence electrons. The molecular formula is C22H28O6. The van der Waals surface area contributed by atoms with E-state index in [9.17, 15) is 14.4 Å². The summed E-state index contributed by atoms with van der Waals surface area (Å²) in [6.45, 7) is 6.16. The van der Waals surface area contributed by atoms with Crippen molar-refractivity contribution in [2.45, 2.75) is 58.5 Å². The first-order chi connectivity index (χ1) is 13.1. The quantitative estimate of drug-likeness (QED) is 0.675. The lowest BCUT2D eigenvalue weighted by atomic mass is 9.69. The number of methoxy groups -OCH3 is 2. The Balaban J connectivity index is 2.00. The molecule has 3 aliphatic rings. The maximum Gasteiger partial charge on any atom is 0.338 e. The van der Waals surface area contributed by atoms with Gasteiger partial charge in [0.2, 0.25) is 0 Å². The Bertz CT molecular complexity index is 813. The third-order valence-corrected chi connectivity index (χ3v) is 6.04. The molecule has 0 unspecified atom stereocenters. The van der Waals surface area contributed by atoms with E-state index in [1.165, 1.54) is 14.2 Å². The number of carbonyl (C=O) groups is 3. The molecule has 0 spiro atoms. The molecule has 0 N–H and O–H groups in total. The van der Waals surface area contributed by atoms with Gasteiger partial charge in [0.05, 0.1) is 25.4 Å². The Kier molecular flexibility index (Phi) is 5.26. The molecule has 6 heteroatoms. The number of Topliss-reactive ketones (excluding diaryl/α,β-unsaturated/α-hetero) is 1. The van der Waals surface area contributed by atoms with E-state index in [0.717, 1.165) is 17.8 Å². The Hall–Kier alpha value is -2.37. The van der Waals surface area contributed by atoms with Crippen LogP contribution in [0.4, 0.5) is 0 Å². The molecule has 0 radical (unpaired) electrons. The van der Waals surface area contributed by atoms with Crippen molar-refractivity contribution in [3.8, 4) is 0 Å². The number of rotatable bonds is 2. The highest BCUT2D eigenvalue weighted by atomic mass is 16.5. The van der Waals surface area contributed by atoms with Gasteiger partial charge in [-0.3, -0.25) is 4.79 Å². The van der Waals surface area contributed by atoms with Crippen LogP contribution >= 0.6 is 0 Å². The number of ether oxygens (including phenoxy) is 3. The predicted octanol–water partition coefficient (Wildman–Crippen LogP) is 3.42. The van der Waals surface area contributed by atoms with Crippen LogP contribution < -0.4 is 0 Å². The summed E-state index contributed by atoms with van der Waals surface area (Å²) in [7, 11) is 2.56. The van der Waals surface area contributed by atoms with E-state index < -0.39 is 17.5 Å². The zero-order valence-corrected chi connectivity index (χ0v) is 17.2. The molecule has 0 saturated heterocycles. The molecule has 28 heavy (non-hydrogen) atoms. The zero-order chi connectivity index (χ0) is 20.7. The monoisotopic (exact) mass is 388 g/mol. The maximum atomic E-state index is 12.7. The molecule has 2 aliphatic carbocycles.